The van der Waals surface area contributed by atoms with Gasteiger partial charge in [0.05, 0.1) is 24.5 Å². The smallest absolute Gasteiger partial charge is 0.367 e. The largest absolute Gasteiger partial charge is 0.414 e. The lowest BCUT2D eigenvalue weighted by Gasteiger charge is -2.39. The molecule has 2 amide bonds. The lowest BCUT2D eigenvalue weighted by atomic mass is 9.89. The van der Waals surface area contributed by atoms with Crippen molar-refractivity contribution in [2.24, 2.45) is 5.92 Å². The molecule has 2 unspecified atom stereocenters. The van der Waals surface area contributed by atoms with Crippen LogP contribution in [0.2, 0.25) is 0 Å². The molecular formula is C24H27F4N5O3. The quantitative estimate of drug-likeness (QED) is 0.615. The van der Waals surface area contributed by atoms with Crippen molar-refractivity contribution < 1.29 is 31.9 Å². The molecule has 194 valence electrons. The van der Waals surface area contributed by atoms with Gasteiger partial charge in [0.2, 0.25) is 5.91 Å². The van der Waals surface area contributed by atoms with E-state index in [1.807, 2.05) is 0 Å². The molecule has 3 fully saturated rings. The van der Waals surface area contributed by atoms with E-state index in [0.717, 1.165) is 19.0 Å². The number of aromatic amines is 1. The molecule has 5 atom stereocenters. The van der Waals surface area contributed by atoms with Crippen LogP contribution in [0.15, 0.2) is 18.3 Å². The molecule has 0 radical (unpaired) electrons. The number of rotatable bonds is 4. The number of carbonyl (C=O) groups is 2. The number of ether oxygens (including phenoxy) is 1. The van der Waals surface area contributed by atoms with Gasteiger partial charge < -0.3 is 15.0 Å². The Morgan fingerprint density at radius 3 is 2.50 bits per heavy atom. The number of nitrogens with zero attached hydrogens (tertiary/aromatic N) is 3. The van der Waals surface area contributed by atoms with E-state index in [2.05, 4.69) is 20.5 Å². The predicted molar refractivity (Wildman–Crippen MR) is 119 cm³/mol. The van der Waals surface area contributed by atoms with Gasteiger partial charge in [0, 0.05) is 29.3 Å². The summed E-state index contributed by atoms with van der Waals surface area (Å²) in [5.74, 6) is -1.30. The van der Waals surface area contributed by atoms with Crippen LogP contribution in [0.3, 0.4) is 0 Å². The maximum atomic E-state index is 14.2. The summed E-state index contributed by atoms with van der Waals surface area (Å²) in [6.45, 7) is 1.57. The molecule has 3 aliphatic heterocycles. The van der Waals surface area contributed by atoms with Gasteiger partial charge in [-0.05, 0) is 57.6 Å². The molecule has 0 saturated carbocycles. The molecule has 0 aliphatic carbocycles. The minimum Gasteiger partial charge on any atom is -0.367 e. The van der Waals surface area contributed by atoms with Crippen molar-refractivity contribution in [1.82, 2.24) is 25.4 Å². The number of aromatic nitrogens is 3. The van der Waals surface area contributed by atoms with Crippen molar-refractivity contribution in [2.75, 3.05) is 6.61 Å². The highest BCUT2D eigenvalue weighted by Crippen LogP contribution is 2.40. The lowest BCUT2D eigenvalue weighted by molar-refractivity contribution is -0.232. The summed E-state index contributed by atoms with van der Waals surface area (Å²) in [6.07, 6.45) is -2.55. The standard InChI is InChI=1S/C24H27F4N5O3/c1-12-6-17(18(25)10-29-12)19-9-20(32-31-19)23(35)33-15-3-4-16(33)8-13(7-15)22(34)30-14-2-5-21(36-11-14)24(26,27)28/h6,9-10,13-16,21H,2-5,7-8,11H2,1H3,(H,30,34)(H,31,32)/t13?,14-,15-,16?,21+/m0/s1. The van der Waals surface area contributed by atoms with E-state index in [1.165, 1.54) is 6.07 Å². The van der Waals surface area contributed by atoms with Crippen LogP contribution in [0.1, 0.15) is 54.7 Å². The molecule has 3 aliphatic rings. The zero-order valence-corrected chi connectivity index (χ0v) is 19.6. The maximum Gasteiger partial charge on any atom is 0.414 e. The van der Waals surface area contributed by atoms with Gasteiger partial charge in [-0.15, -0.1) is 0 Å². The number of fused-ring (bicyclic) bond motifs is 2. The van der Waals surface area contributed by atoms with Crippen molar-refractivity contribution >= 4 is 11.8 Å². The van der Waals surface area contributed by atoms with Gasteiger partial charge in [0.25, 0.3) is 5.91 Å². The number of carbonyl (C=O) groups excluding carboxylic acids is 2. The van der Waals surface area contributed by atoms with Crippen LogP contribution >= 0.6 is 0 Å². The molecule has 2 bridgehead atoms. The van der Waals surface area contributed by atoms with Crippen molar-refractivity contribution in [3.63, 3.8) is 0 Å². The summed E-state index contributed by atoms with van der Waals surface area (Å²) in [4.78, 5) is 31.9. The molecule has 0 aromatic carbocycles. The van der Waals surface area contributed by atoms with Crippen LogP contribution in [0, 0.1) is 18.7 Å². The van der Waals surface area contributed by atoms with Gasteiger partial charge >= 0.3 is 6.18 Å². The Hall–Kier alpha value is -3.02. The molecular weight excluding hydrogens is 482 g/mol. The second-order valence-electron chi connectivity index (χ2n) is 9.88. The lowest BCUT2D eigenvalue weighted by Crippen LogP contribution is -2.52. The van der Waals surface area contributed by atoms with Crippen LogP contribution < -0.4 is 5.32 Å². The molecule has 8 nitrogen and oxygen atoms in total. The molecule has 12 heteroatoms. The third-order valence-electron chi connectivity index (χ3n) is 7.40. The van der Waals surface area contributed by atoms with Crippen LogP contribution in [-0.4, -0.2) is 68.9 Å². The van der Waals surface area contributed by atoms with E-state index in [-0.39, 0.29) is 60.5 Å². The summed E-state index contributed by atoms with van der Waals surface area (Å²) in [5, 5.41) is 9.68. The van der Waals surface area contributed by atoms with Gasteiger partial charge in [-0.25, -0.2) is 4.39 Å². The molecule has 2 aromatic rings. The summed E-state index contributed by atoms with van der Waals surface area (Å²) < 4.78 is 57.5. The van der Waals surface area contributed by atoms with Crippen LogP contribution in [0.25, 0.3) is 11.3 Å². The topological polar surface area (TPSA) is 100 Å². The third-order valence-corrected chi connectivity index (χ3v) is 7.40. The number of pyridine rings is 1. The van der Waals surface area contributed by atoms with E-state index in [0.29, 0.717) is 24.2 Å². The maximum absolute atomic E-state index is 14.2. The number of halogens is 4. The summed E-state index contributed by atoms with van der Waals surface area (Å²) in [6, 6.07) is 2.38. The highest BCUT2D eigenvalue weighted by Gasteiger charge is 2.47. The Kier molecular flexibility index (Phi) is 6.48. The summed E-state index contributed by atoms with van der Waals surface area (Å²) >= 11 is 0. The Bertz CT molecular complexity index is 1130. The number of alkyl halides is 3. The van der Waals surface area contributed by atoms with E-state index < -0.39 is 24.1 Å². The zero-order valence-electron chi connectivity index (χ0n) is 19.6. The molecule has 2 aromatic heterocycles. The fourth-order valence-corrected chi connectivity index (χ4v) is 5.61. The fourth-order valence-electron chi connectivity index (χ4n) is 5.61. The van der Waals surface area contributed by atoms with Crippen molar-refractivity contribution in [2.45, 2.75) is 75.9 Å². The normalized spacial score (nSPS) is 28.2. The first-order valence-corrected chi connectivity index (χ1v) is 12.1. The second-order valence-corrected chi connectivity index (χ2v) is 9.88. The van der Waals surface area contributed by atoms with Crippen LogP contribution in [-0.2, 0) is 9.53 Å². The van der Waals surface area contributed by atoms with Gasteiger partial charge in [-0.3, -0.25) is 19.7 Å². The summed E-state index contributed by atoms with van der Waals surface area (Å²) in [7, 11) is 0. The number of hydrogen-bond acceptors (Lipinski definition) is 5. The average molecular weight is 510 g/mol. The number of hydrogen-bond donors (Lipinski definition) is 2. The van der Waals surface area contributed by atoms with Crippen molar-refractivity contribution in [3.05, 3.63) is 35.5 Å². The predicted octanol–water partition coefficient (Wildman–Crippen LogP) is 3.53. The Labute approximate surface area is 204 Å². The van der Waals surface area contributed by atoms with Crippen LogP contribution in [0.4, 0.5) is 17.6 Å². The van der Waals surface area contributed by atoms with Crippen molar-refractivity contribution in [3.8, 4) is 11.3 Å². The molecule has 3 saturated heterocycles. The fraction of sp³-hybridized carbons (Fsp3) is 0.583. The Morgan fingerprint density at radius 2 is 1.86 bits per heavy atom. The Balaban J connectivity index is 1.20. The number of amides is 2. The number of H-pyrrole nitrogens is 1. The van der Waals surface area contributed by atoms with Crippen molar-refractivity contribution in [1.29, 1.82) is 0 Å². The van der Waals surface area contributed by atoms with E-state index in [1.54, 1.807) is 17.9 Å². The van der Waals surface area contributed by atoms with E-state index >= 15 is 0 Å². The van der Waals surface area contributed by atoms with Gasteiger partial charge in [-0.1, -0.05) is 0 Å². The molecule has 0 spiro atoms. The number of aryl methyl sites for hydroxylation is 1. The first kappa shape index (κ1) is 24.7. The highest BCUT2D eigenvalue weighted by atomic mass is 19.4. The van der Waals surface area contributed by atoms with Gasteiger partial charge in [-0.2, -0.15) is 18.3 Å². The molecule has 36 heavy (non-hydrogen) atoms. The first-order valence-electron chi connectivity index (χ1n) is 12.1. The number of piperidine rings is 1. The van der Waals surface area contributed by atoms with E-state index in [9.17, 15) is 27.2 Å². The highest BCUT2D eigenvalue weighted by molar-refractivity contribution is 5.94. The SMILES string of the molecule is Cc1cc(-c2cc(C(=O)N3C4CC[C@H]3CC(C(=O)N[C@H]3CC[C@H](C(F)(F)F)OC3)C4)[nH]n2)c(F)cn1. The average Bonchev–Trinajstić information content (AvgIpc) is 3.42. The first-order chi connectivity index (χ1) is 17.1. The monoisotopic (exact) mass is 509 g/mol. The minimum atomic E-state index is -4.39. The third kappa shape index (κ3) is 4.82. The van der Waals surface area contributed by atoms with Gasteiger partial charge in [0.1, 0.15) is 5.69 Å². The van der Waals surface area contributed by atoms with Gasteiger partial charge in [0.15, 0.2) is 11.9 Å². The second kappa shape index (κ2) is 9.45. The number of nitrogens with one attached hydrogen (secondary N) is 2. The van der Waals surface area contributed by atoms with Crippen LogP contribution in [0.5, 0.6) is 0 Å². The Morgan fingerprint density at radius 1 is 1.14 bits per heavy atom. The summed E-state index contributed by atoms with van der Waals surface area (Å²) in [5.41, 5.74) is 1.44. The van der Waals surface area contributed by atoms with E-state index in [4.69, 9.17) is 4.74 Å². The molecule has 5 rings (SSSR count). The molecule has 5 heterocycles. The minimum absolute atomic E-state index is 0.129. The zero-order chi connectivity index (χ0) is 25.6. The molecule has 2 N–H and O–H groups in total.